The lowest BCUT2D eigenvalue weighted by molar-refractivity contribution is -0.136. The van der Waals surface area contributed by atoms with Gasteiger partial charge in [-0.3, -0.25) is 9.69 Å². The molecule has 7 heteroatoms. The zero-order valence-electron chi connectivity index (χ0n) is 16.1. The summed E-state index contributed by atoms with van der Waals surface area (Å²) in [5.41, 5.74) is 3.09. The van der Waals surface area contributed by atoms with Crippen LogP contribution in [0.2, 0.25) is 0 Å². The van der Waals surface area contributed by atoms with Crippen molar-refractivity contribution in [2.75, 3.05) is 26.2 Å². The molecule has 3 heterocycles. The van der Waals surface area contributed by atoms with Crippen molar-refractivity contribution in [3.8, 4) is 0 Å². The molecule has 4 rings (SSSR count). The molecule has 1 atom stereocenters. The van der Waals surface area contributed by atoms with Gasteiger partial charge in [-0.25, -0.2) is 9.97 Å². The quantitative estimate of drug-likeness (QED) is 0.695. The number of imidazole rings is 1. The van der Waals surface area contributed by atoms with Crippen LogP contribution in [0.4, 0.5) is 0 Å². The topological polar surface area (TPSA) is 54.3 Å². The summed E-state index contributed by atoms with van der Waals surface area (Å²) in [7, 11) is 0. The maximum atomic E-state index is 13.1. The molecule has 0 radical (unpaired) electrons. The van der Waals surface area contributed by atoms with Gasteiger partial charge in [-0.15, -0.1) is 11.3 Å². The number of amides is 1. The highest BCUT2D eigenvalue weighted by molar-refractivity contribution is 7.09. The van der Waals surface area contributed by atoms with E-state index in [0.717, 1.165) is 60.3 Å². The van der Waals surface area contributed by atoms with Gasteiger partial charge in [-0.2, -0.15) is 0 Å². The smallest absolute Gasteiger partial charge is 0.245 e. The van der Waals surface area contributed by atoms with Crippen LogP contribution >= 0.6 is 11.3 Å². The third-order valence-corrected chi connectivity index (χ3v) is 6.08. The van der Waals surface area contributed by atoms with E-state index in [2.05, 4.69) is 24.8 Å². The summed E-state index contributed by atoms with van der Waals surface area (Å²) in [5, 5.41) is 3.23. The molecule has 6 nitrogen and oxygen atoms in total. The number of hydrogen-bond acceptors (Lipinski definition) is 5. The highest BCUT2D eigenvalue weighted by Gasteiger charge is 2.27. The number of hydrogen-bond donors (Lipinski definition) is 0. The van der Waals surface area contributed by atoms with E-state index in [1.807, 2.05) is 49.9 Å². The lowest BCUT2D eigenvalue weighted by Gasteiger charge is -2.36. The highest BCUT2D eigenvalue weighted by atomic mass is 32.1. The molecule has 1 saturated heterocycles. The number of benzene rings is 1. The Kier molecular flexibility index (Phi) is 4.97. The Balaban J connectivity index is 1.42. The summed E-state index contributed by atoms with van der Waals surface area (Å²) in [6.07, 6.45) is 0. The van der Waals surface area contributed by atoms with Crippen molar-refractivity contribution in [2.45, 2.75) is 33.4 Å². The Bertz CT molecular complexity index is 954. The molecule has 0 saturated carbocycles. The van der Waals surface area contributed by atoms with Crippen LogP contribution < -0.4 is 0 Å². The molecule has 1 aliphatic rings. The average molecular weight is 384 g/mol. The van der Waals surface area contributed by atoms with Crippen molar-refractivity contribution >= 4 is 28.3 Å². The SMILES string of the molecule is Cc1nc(CN2CCN(C(=O)[C@H](C)n3c(C)nc4ccccc43)CC2)cs1. The van der Waals surface area contributed by atoms with E-state index < -0.39 is 0 Å². The molecule has 2 aromatic heterocycles. The van der Waals surface area contributed by atoms with Gasteiger partial charge in [0.25, 0.3) is 0 Å². The van der Waals surface area contributed by atoms with E-state index in [4.69, 9.17) is 0 Å². The van der Waals surface area contributed by atoms with Gasteiger partial charge in [0.15, 0.2) is 0 Å². The molecule has 1 aliphatic heterocycles. The molecular weight excluding hydrogens is 358 g/mol. The van der Waals surface area contributed by atoms with Gasteiger partial charge in [-0.1, -0.05) is 12.1 Å². The molecule has 0 spiro atoms. The number of thiazole rings is 1. The van der Waals surface area contributed by atoms with E-state index in [1.54, 1.807) is 11.3 Å². The molecule has 1 fully saturated rings. The molecule has 0 bridgehead atoms. The second-order valence-electron chi connectivity index (χ2n) is 7.15. The van der Waals surface area contributed by atoms with Crippen LogP contribution in [0.3, 0.4) is 0 Å². The van der Waals surface area contributed by atoms with E-state index in [-0.39, 0.29) is 11.9 Å². The molecule has 1 amide bonds. The zero-order chi connectivity index (χ0) is 19.0. The van der Waals surface area contributed by atoms with E-state index in [1.165, 1.54) is 0 Å². The molecule has 0 unspecified atom stereocenters. The maximum Gasteiger partial charge on any atom is 0.245 e. The number of nitrogens with zero attached hydrogens (tertiary/aromatic N) is 5. The standard InChI is InChI=1S/C20H25N5OS/c1-14(25-15(2)21-18-6-4-5-7-19(18)25)20(26)24-10-8-23(9-11-24)12-17-13-27-16(3)22-17/h4-7,13-14H,8-12H2,1-3H3/t14-/m0/s1. The van der Waals surface area contributed by atoms with Crippen LogP contribution in [-0.2, 0) is 11.3 Å². The number of piperazine rings is 1. The first kappa shape index (κ1) is 18.1. The van der Waals surface area contributed by atoms with Gasteiger partial charge in [-0.05, 0) is 32.9 Å². The second kappa shape index (κ2) is 7.40. The molecule has 0 N–H and O–H groups in total. The minimum absolute atomic E-state index is 0.172. The summed E-state index contributed by atoms with van der Waals surface area (Å²) in [5.74, 6) is 1.06. The number of aromatic nitrogens is 3. The van der Waals surface area contributed by atoms with Crippen molar-refractivity contribution in [3.05, 3.63) is 46.2 Å². The van der Waals surface area contributed by atoms with E-state index >= 15 is 0 Å². The number of rotatable bonds is 4. The predicted octanol–water partition coefficient (Wildman–Crippen LogP) is 3.02. The van der Waals surface area contributed by atoms with Crippen LogP contribution in [0.15, 0.2) is 29.6 Å². The summed E-state index contributed by atoms with van der Waals surface area (Å²) in [4.78, 5) is 26.6. The normalized spacial score (nSPS) is 16.8. The summed E-state index contributed by atoms with van der Waals surface area (Å²) >= 11 is 1.69. The van der Waals surface area contributed by atoms with Crippen molar-refractivity contribution in [3.63, 3.8) is 0 Å². The van der Waals surface area contributed by atoms with Crippen LogP contribution in [0.1, 0.15) is 29.5 Å². The third kappa shape index (κ3) is 3.61. The zero-order valence-corrected chi connectivity index (χ0v) is 16.9. The fourth-order valence-corrected chi connectivity index (χ4v) is 4.47. The highest BCUT2D eigenvalue weighted by Crippen LogP contribution is 2.23. The lowest BCUT2D eigenvalue weighted by Crippen LogP contribution is -2.50. The van der Waals surface area contributed by atoms with Gasteiger partial charge in [0.1, 0.15) is 11.9 Å². The van der Waals surface area contributed by atoms with Crippen molar-refractivity contribution in [2.24, 2.45) is 0 Å². The largest absolute Gasteiger partial charge is 0.338 e. The van der Waals surface area contributed by atoms with Gasteiger partial charge < -0.3 is 9.47 Å². The first-order valence-corrected chi connectivity index (χ1v) is 10.3. The molecular formula is C20H25N5OS. The van der Waals surface area contributed by atoms with Gasteiger partial charge in [0.05, 0.1) is 21.7 Å². The summed E-state index contributed by atoms with van der Waals surface area (Å²) < 4.78 is 2.06. The van der Waals surface area contributed by atoms with Crippen LogP contribution in [0, 0.1) is 13.8 Å². The average Bonchev–Trinajstić information content (AvgIpc) is 3.23. The van der Waals surface area contributed by atoms with E-state index in [9.17, 15) is 4.79 Å². The monoisotopic (exact) mass is 383 g/mol. The van der Waals surface area contributed by atoms with Crippen molar-refractivity contribution in [1.82, 2.24) is 24.3 Å². The Morgan fingerprint density at radius 3 is 2.59 bits per heavy atom. The van der Waals surface area contributed by atoms with Gasteiger partial charge in [0.2, 0.25) is 5.91 Å². The Hall–Kier alpha value is -2.25. The number of carbonyl (C=O) groups is 1. The Morgan fingerprint density at radius 2 is 1.89 bits per heavy atom. The number of aryl methyl sites for hydroxylation is 2. The first-order valence-electron chi connectivity index (χ1n) is 9.38. The fourth-order valence-electron chi connectivity index (χ4n) is 3.86. The fraction of sp³-hybridized carbons (Fsp3) is 0.450. The number of fused-ring (bicyclic) bond motifs is 1. The third-order valence-electron chi connectivity index (χ3n) is 5.25. The summed E-state index contributed by atoms with van der Waals surface area (Å²) in [6.45, 7) is 10.2. The minimum atomic E-state index is -0.245. The van der Waals surface area contributed by atoms with E-state index in [0.29, 0.717) is 0 Å². The maximum absolute atomic E-state index is 13.1. The van der Waals surface area contributed by atoms with Gasteiger partial charge >= 0.3 is 0 Å². The Labute approximate surface area is 163 Å². The first-order chi connectivity index (χ1) is 13.0. The lowest BCUT2D eigenvalue weighted by atomic mass is 10.2. The van der Waals surface area contributed by atoms with Crippen molar-refractivity contribution < 1.29 is 4.79 Å². The number of para-hydroxylation sites is 2. The van der Waals surface area contributed by atoms with Crippen LogP contribution in [0.5, 0.6) is 0 Å². The van der Waals surface area contributed by atoms with Crippen molar-refractivity contribution in [1.29, 1.82) is 0 Å². The van der Waals surface area contributed by atoms with Gasteiger partial charge in [0, 0.05) is 38.1 Å². The molecule has 3 aromatic rings. The number of carbonyl (C=O) groups excluding carboxylic acids is 1. The summed E-state index contributed by atoms with van der Waals surface area (Å²) in [6, 6.07) is 7.76. The molecule has 1 aromatic carbocycles. The predicted molar refractivity (Wildman–Crippen MR) is 108 cm³/mol. The molecule has 27 heavy (non-hydrogen) atoms. The van der Waals surface area contributed by atoms with Crippen LogP contribution in [0.25, 0.3) is 11.0 Å². The minimum Gasteiger partial charge on any atom is -0.338 e. The Morgan fingerprint density at radius 1 is 1.15 bits per heavy atom. The second-order valence-corrected chi connectivity index (χ2v) is 8.22. The molecule has 142 valence electrons. The van der Waals surface area contributed by atoms with Crippen LogP contribution in [-0.4, -0.2) is 56.4 Å². The molecule has 0 aliphatic carbocycles.